The number of aliphatic imine (C=N–C) groups is 1. The SMILES string of the molecule is COC1(OC)CCCN2C1=N[C@@H](c1ccccc1)[C@H]2c1ccccc1.O=S(=O)(O)O. The molecule has 8 nitrogen and oxygen atoms in total. The molecule has 2 aliphatic heterocycles. The van der Waals surface area contributed by atoms with E-state index in [1.165, 1.54) is 11.1 Å². The minimum Gasteiger partial charge on any atom is -0.347 e. The Morgan fingerprint density at radius 3 is 1.97 bits per heavy atom. The third-order valence-corrected chi connectivity index (χ3v) is 5.36. The molecule has 2 aromatic carbocycles. The van der Waals surface area contributed by atoms with Gasteiger partial charge in [-0.15, -0.1) is 0 Å². The van der Waals surface area contributed by atoms with Crippen LogP contribution in [0.4, 0.5) is 0 Å². The van der Waals surface area contributed by atoms with Gasteiger partial charge in [-0.2, -0.15) is 8.42 Å². The summed E-state index contributed by atoms with van der Waals surface area (Å²) in [5.74, 6) is 0.181. The van der Waals surface area contributed by atoms with Crippen molar-refractivity contribution < 1.29 is 27.0 Å². The van der Waals surface area contributed by atoms with E-state index < -0.39 is 16.2 Å². The van der Waals surface area contributed by atoms with E-state index in [0.717, 1.165) is 25.2 Å². The Balaban J connectivity index is 0.000000461. The van der Waals surface area contributed by atoms with Crippen LogP contribution in [0, 0.1) is 0 Å². The normalized spacial score (nSPS) is 22.5. The highest BCUT2D eigenvalue weighted by Crippen LogP contribution is 2.47. The molecule has 2 N–H and O–H groups in total. The lowest BCUT2D eigenvalue weighted by Crippen LogP contribution is -2.54. The molecule has 2 atom stereocenters. The summed E-state index contributed by atoms with van der Waals surface area (Å²) in [6, 6.07) is 21.4. The topological polar surface area (TPSA) is 109 Å². The molecule has 0 saturated carbocycles. The van der Waals surface area contributed by atoms with Gasteiger partial charge in [0.15, 0.2) is 5.84 Å². The number of piperidine rings is 1. The minimum absolute atomic E-state index is 0.0429. The van der Waals surface area contributed by atoms with Gasteiger partial charge in [0.2, 0.25) is 5.79 Å². The van der Waals surface area contributed by atoms with E-state index in [4.69, 9.17) is 32.0 Å². The molecule has 2 aromatic rings. The van der Waals surface area contributed by atoms with Crippen molar-refractivity contribution in [2.45, 2.75) is 30.7 Å². The predicted octanol–water partition coefficient (Wildman–Crippen LogP) is 3.31. The molecule has 0 aliphatic carbocycles. The van der Waals surface area contributed by atoms with Gasteiger partial charge in [-0.3, -0.25) is 14.1 Å². The fourth-order valence-corrected chi connectivity index (χ4v) is 4.12. The molecule has 0 spiro atoms. The second kappa shape index (κ2) is 9.23. The van der Waals surface area contributed by atoms with E-state index in [1.54, 1.807) is 14.2 Å². The van der Waals surface area contributed by atoms with Crippen molar-refractivity contribution >= 4 is 16.2 Å². The van der Waals surface area contributed by atoms with Crippen molar-refractivity contribution in [3.63, 3.8) is 0 Å². The van der Waals surface area contributed by atoms with Crippen molar-refractivity contribution in [3.05, 3.63) is 71.8 Å². The molecular formula is C21H26N2O6S. The van der Waals surface area contributed by atoms with Crippen LogP contribution in [-0.2, 0) is 19.9 Å². The number of methoxy groups -OCH3 is 2. The minimum atomic E-state index is -4.67. The second-order valence-corrected chi connectivity index (χ2v) is 7.97. The number of hydrogen-bond donors (Lipinski definition) is 2. The first-order valence-electron chi connectivity index (χ1n) is 9.54. The summed E-state index contributed by atoms with van der Waals surface area (Å²) in [4.78, 5) is 7.50. The largest absolute Gasteiger partial charge is 0.394 e. The summed E-state index contributed by atoms with van der Waals surface area (Å²) in [6.45, 7) is 0.968. The molecule has 9 heteroatoms. The summed E-state index contributed by atoms with van der Waals surface area (Å²) in [5, 5.41) is 0. The van der Waals surface area contributed by atoms with Crippen molar-refractivity contribution in [1.82, 2.24) is 4.90 Å². The zero-order valence-electron chi connectivity index (χ0n) is 16.9. The maximum Gasteiger partial charge on any atom is 0.394 e. The maximum atomic E-state index is 8.74. The van der Waals surface area contributed by atoms with Crippen LogP contribution in [-0.4, -0.2) is 54.8 Å². The van der Waals surface area contributed by atoms with Crippen molar-refractivity contribution in [2.75, 3.05) is 20.8 Å². The van der Waals surface area contributed by atoms with Gasteiger partial charge < -0.3 is 14.4 Å². The Hall–Kier alpha value is -2.30. The average molecular weight is 435 g/mol. The number of nitrogens with zero attached hydrogens (tertiary/aromatic N) is 2. The highest BCUT2D eigenvalue weighted by atomic mass is 32.3. The highest BCUT2D eigenvalue weighted by molar-refractivity contribution is 7.79. The molecule has 162 valence electrons. The molecular weight excluding hydrogens is 408 g/mol. The Morgan fingerprint density at radius 1 is 0.967 bits per heavy atom. The standard InChI is InChI=1S/C21H24N2O2.H2O4S/c1-24-21(25-2)14-9-15-23-19(17-12-7-4-8-13-17)18(22-20(21)23)16-10-5-3-6-11-16;1-5(2,3)4/h3-8,10-13,18-19H,9,14-15H2,1-2H3;(H2,1,2,3,4)/t18-,19+;/m0./s1. The van der Waals surface area contributed by atoms with Crippen LogP contribution < -0.4 is 0 Å². The third kappa shape index (κ3) is 4.88. The zero-order valence-corrected chi connectivity index (χ0v) is 17.7. The molecule has 0 aromatic heterocycles. The summed E-state index contributed by atoms with van der Waals surface area (Å²) in [6.07, 6.45) is 1.85. The molecule has 2 aliphatic rings. The number of rotatable bonds is 4. The van der Waals surface area contributed by atoms with Crippen LogP contribution in [0.5, 0.6) is 0 Å². The van der Waals surface area contributed by atoms with Gasteiger partial charge >= 0.3 is 10.4 Å². The Kier molecular flexibility index (Phi) is 6.89. The quantitative estimate of drug-likeness (QED) is 0.561. The van der Waals surface area contributed by atoms with Gasteiger partial charge in [0, 0.05) is 27.2 Å². The van der Waals surface area contributed by atoms with Gasteiger partial charge in [0.05, 0.1) is 6.04 Å². The lowest BCUT2D eigenvalue weighted by atomic mass is 9.92. The Labute approximate surface area is 176 Å². The molecule has 2 heterocycles. The molecule has 4 rings (SSSR count). The summed E-state index contributed by atoms with van der Waals surface area (Å²) >= 11 is 0. The number of benzene rings is 2. The van der Waals surface area contributed by atoms with E-state index in [1.807, 2.05) is 6.07 Å². The maximum absolute atomic E-state index is 8.74. The zero-order chi connectivity index (χ0) is 21.8. The lowest BCUT2D eigenvalue weighted by molar-refractivity contribution is -0.171. The number of hydrogen-bond acceptors (Lipinski definition) is 6. The van der Waals surface area contributed by atoms with E-state index in [0.29, 0.717) is 0 Å². The van der Waals surface area contributed by atoms with Crippen LogP contribution in [0.15, 0.2) is 65.7 Å². The Morgan fingerprint density at radius 2 is 1.47 bits per heavy atom. The number of ether oxygens (including phenoxy) is 2. The van der Waals surface area contributed by atoms with Crippen LogP contribution in [0.3, 0.4) is 0 Å². The van der Waals surface area contributed by atoms with Crippen molar-refractivity contribution in [3.8, 4) is 0 Å². The summed E-state index contributed by atoms with van der Waals surface area (Å²) in [5.41, 5.74) is 2.50. The molecule has 0 amide bonds. The molecule has 1 fully saturated rings. The van der Waals surface area contributed by atoms with Gasteiger partial charge in [-0.1, -0.05) is 60.7 Å². The van der Waals surface area contributed by atoms with E-state index in [-0.39, 0.29) is 12.1 Å². The summed E-state index contributed by atoms with van der Waals surface area (Å²) < 4.78 is 43.2. The first-order chi connectivity index (χ1) is 14.3. The second-order valence-electron chi connectivity index (χ2n) is 7.07. The third-order valence-electron chi connectivity index (χ3n) is 5.36. The summed E-state index contributed by atoms with van der Waals surface area (Å²) in [7, 11) is -1.24. The molecule has 1 saturated heterocycles. The fourth-order valence-electron chi connectivity index (χ4n) is 4.12. The number of amidine groups is 1. The fraction of sp³-hybridized carbons (Fsp3) is 0.381. The molecule has 0 radical (unpaired) electrons. The van der Waals surface area contributed by atoms with Crippen LogP contribution in [0.1, 0.15) is 36.1 Å². The number of fused-ring (bicyclic) bond motifs is 1. The van der Waals surface area contributed by atoms with E-state index in [2.05, 4.69) is 59.5 Å². The predicted molar refractivity (Wildman–Crippen MR) is 113 cm³/mol. The smallest absolute Gasteiger partial charge is 0.347 e. The van der Waals surface area contributed by atoms with E-state index >= 15 is 0 Å². The van der Waals surface area contributed by atoms with Gasteiger partial charge in [0.25, 0.3) is 0 Å². The van der Waals surface area contributed by atoms with Crippen LogP contribution in [0.25, 0.3) is 0 Å². The first-order valence-corrected chi connectivity index (χ1v) is 10.9. The van der Waals surface area contributed by atoms with Crippen LogP contribution >= 0.6 is 0 Å². The molecule has 0 bridgehead atoms. The highest BCUT2D eigenvalue weighted by Gasteiger charge is 2.50. The first kappa shape index (κ1) is 22.4. The lowest BCUT2D eigenvalue weighted by Gasteiger charge is -2.42. The van der Waals surface area contributed by atoms with Gasteiger partial charge in [-0.05, 0) is 17.5 Å². The van der Waals surface area contributed by atoms with Crippen LogP contribution in [0.2, 0.25) is 0 Å². The molecule has 0 unspecified atom stereocenters. The van der Waals surface area contributed by atoms with Crippen molar-refractivity contribution in [2.24, 2.45) is 4.99 Å². The average Bonchev–Trinajstić information content (AvgIpc) is 3.14. The van der Waals surface area contributed by atoms with Gasteiger partial charge in [-0.25, -0.2) is 0 Å². The van der Waals surface area contributed by atoms with E-state index in [9.17, 15) is 0 Å². The molecule has 30 heavy (non-hydrogen) atoms. The monoisotopic (exact) mass is 434 g/mol. The van der Waals surface area contributed by atoms with Gasteiger partial charge in [0.1, 0.15) is 6.04 Å². The van der Waals surface area contributed by atoms with Crippen molar-refractivity contribution in [1.29, 1.82) is 0 Å². The Bertz CT molecular complexity index is 954.